The van der Waals surface area contributed by atoms with Gasteiger partial charge in [-0.05, 0) is 37.5 Å². The highest BCUT2D eigenvalue weighted by molar-refractivity contribution is 5.94. The summed E-state index contributed by atoms with van der Waals surface area (Å²) in [5.41, 5.74) is 1.85. The van der Waals surface area contributed by atoms with Crippen LogP contribution in [0.15, 0.2) is 29.3 Å². The fourth-order valence-electron chi connectivity index (χ4n) is 2.18. The Morgan fingerprint density at radius 3 is 2.75 bits per heavy atom. The Labute approximate surface area is 145 Å². The highest BCUT2D eigenvalue weighted by atomic mass is 16.5. The van der Waals surface area contributed by atoms with Crippen LogP contribution < -0.4 is 10.6 Å². The number of ether oxygens (including phenoxy) is 1. The van der Waals surface area contributed by atoms with Crippen molar-refractivity contribution in [1.29, 1.82) is 0 Å². The molecule has 0 aliphatic heterocycles. The second-order valence-corrected chi connectivity index (χ2v) is 5.68. The molecule has 0 saturated carbocycles. The second-order valence-electron chi connectivity index (χ2n) is 5.68. The standard InChI is InChI=1S/C18H30N4O2/c1-5-19-18(20-11-7-13-24-4)21-12-10-15-8-6-9-16(14-15)17(23)22(2)3/h6,8-9,14H,5,7,10-13H2,1-4H3,(H2,19,20,21). The molecule has 6 nitrogen and oxygen atoms in total. The van der Waals surface area contributed by atoms with E-state index < -0.39 is 0 Å². The monoisotopic (exact) mass is 334 g/mol. The number of hydrogen-bond acceptors (Lipinski definition) is 3. The molecular weight excluding hydrogens is 304 g/mol. The normalized spacial score (nSPS) is 11.2. The molecule has 0 atom stereocenters. The first-order valence-electron chi connectivity index (χ1n) is 8.40. The van der Waals surface area contributed by atoms with Gasteiger partial charge < -0.3 is 20.3 Å². The molecular formula is C18H30N4O2. The minimum Gasteiger partial charge on any atom is -0.385 e. The summed E-state index contributed by atoms with van der Waals surface area (Å²) in [5.74, 6) is 0.840. The maximum Gasteiger partial charge on any atom is 0.253 e. The van der Waals surface area contributed by atoms with E-state index >= 15 is 0 Å². The summed E-state index contributed by atoms with van der Waals surface area (Å²) in [5, 5.41) is 6.55. The molecule has 0 spiro atoms. The fourth-order valence-corrected chi connectivity index (χ4v) is 2.18. The zero-order valence-corrected chi connectivity index (χ0v) is 15.3. The van der Waals surface area contributed by atoms with Gasteiger partial charge in [0.2, 0.25) is 0 Å². The molecule has 2 N–H and O–H groups in total. The number of methoxy groups -OCH3 is 1. The van der Waals surface area contributed by atoms with Crippen LogP contribution in [-0.4, -0.2) is 64.2 Å². The van der Waals surface area contributed by atoms with E-state index in [1.165, 1.54) is 0 Å². The Hall–Kier alpha value is -2.08. The fraction of sp³-hybridized carbons (Fsp3) is 0.556. The molecule has 1 rings (SSSR count). The summed E-state index contributed by atoms with van der Waals surface area (Å²) in [7, 11) is 5.22. The molecule has 0 heterocycles. The van der Waals surface area contributed by atoms with Crippen molar-refractivity contribution in [3.05, 3.63) is 35.4 Å². The second kappa shape index (κ2) is 11.5. The maximum absolute atomic E-state index is 12.0. The van der Waals surface area contributed by atoms with Gasteiger partial charge in [-0.25, -0.2) is 0 Å². The SMILES string of the molecule is CCNC(=NCCCOC)NCCc1cccc(C(=O)N(C)C)c1. The summed E-state index contributed by atoms with van der Waals surface area (Å²) in [6.07, 6.45) is 1.73. The number of rotatable bonds is 9. The van der Waals surface area contributed by atoms with Gasteiger partial charge >= 0.3 is 0 Å². The zero-order valence-electron chi connectivity index (χ0n) is 15.3. The predicted octanol–water partition coefficient (Wildman–Crippen LogP) is 1.52. The van der Waals surface area contributed by atoms with Crippen LogP contribution >= 0.6 is 0 Å². The van der Waals surface area contributed by atoms with Crippen LogP contribution in [-0.2, 0) is 11.2 Å². The van der Waals surface area contributed by atoms with Crippen molar-refractivity contribution < 1.29 is 9.53 Å². The number of amides is 1. The van der Waals surface area contributed by atoms with Crippen LogP contribution in [0.1, 0.15) is 29.3 Å². The first-order valence-corrected chi connectivity index (χ1v) is 8.40. The minimum atomic E-state index is 0.0258. The summed E-state index contributed by atoms with van der Waals surface area (Å²) >= 11 is 0. The van der Waals surface area contributed by atoms with E-state index in [1.54, 1.807) is 26.1 Å². The third-order valence-electron chi connectivity index (χ3n) is 3.41. The Kier molecular flexibility index (Phi) is 9.53. The topological polar surface area (TPSA) is 66.0 Å². The van der Waals surface area contributed by atoms with Crippen LogP contribution in [0.3, 0.4) is 0 Å². The van der Waals surface area contributed by atoms with Gasteiger partial charge in [0.15, 0.2) is 5.96 Å². The Balaban J connectivity index is 2.52. The summed E-state index contributed by atoms with van der Waals surface area (Å²) < 4.78 is 5.03. The van der Waals surface area contributed by atoms with Crippen molar-refractivity contribution in [2.24, 2.45) is 4.99 Å². The van der Waals surface area contributed by atoms with Gasteiger partial charge in [-0.2, -0.15) is 0 Å². The van der Waals surface area contributed by atoms with Gasteiger partial charge in [0, 0.05) is 53.0 Å². The Morgan fingerprint density at radius 2 is 2.08 bits per heavy atom. The summed E-state index contributed by atoms with van der Waals surface area (Å²) in [4.78, 5) is 18.1. The van der Waals surface area contributed by atoms with Gasteiger partial charge in [0.05, 0.1) is 0 Å². The van der Waals surface area contributed by atoms with Crippen molar-refractivity contribution in [3.8, 4) is 0 Å². The average Bonchev–Trinajstić information content (AvgIpc) is 2.58. The van der Waals surface area contributed by atoms with Crippen molar-refractivity contribution in [2.45, 2.75) is 19.8 Å². The third-order valence-corrected chi connectivity index (χ3v) is 3.41. The number of guanidine groups is 1. The molecule has 0 aliphatic carbocycles. The summed E-state index contributed by atoms with van der Waals surface area (Å²) in [6, 6.07) is 7.76. The van der Waals surface area contributed by atoms with Gasteiger partial charge in [-0.1, -0.05) is 12.1 Å². The number of aliphatic imine (C=N–C) groups is 1. The van der Waals surface area contributed by atoms with Gasteiger partial charge in [0.25, 0.3) is 5.91 Å². The Morgan fingerprint density at radius 1 is 1.29 bits per heavy atom. The number of benzene rings is 1. The number of nitrogens with zero attached hydrogens (tertiary/aromatic N) is 2. The average molecular weight is 334 g/mol. The molecule has 6 heteroatoms. The molecule has 1 aromatic carbocycles. The number of carbonyl (C=O) groups excluding carboxylic acids is 1. The van der Waals surface area contributed by atoms with Crippen LogP contribution in [0.5, 0.6) is 0 Å². The van der Waals surface area contributed by atoms with Crippen LogP contribution in [0.25, 0.3) is 0 Å². The molecule has 1 aromatic rings. The van der Waals surface area contributed by atoms with E-state index in [0.717, 1.165) is 56.2 Å². The third kappa shape index (κ3) is 7.46. The van der Waals surface area contributed by atoms with E-state index in [4.69, 9.17) is 4.74 Å². The molecule has 134 valence electrons. The lowest BCUT2D eigenvalue weighted by Crippen LogP contribution is -2.38. The van der Waals surface area contributed by atoms with Crippen molar-refractivity contribution in [3.63, 3.8) is 0 Å². The van der Waals surface area contributed by atoms with Crippen LogP contribution in [0, 0.1) is 0 Å². The predicted molar refractivity (Wildman–Crippen MR) is 98.6 cm³/mol. The molecule has 1 amide bonds. The van der Waals surface area contributed by atoms with Crippen LogP contribution in [0.2, 0.25) is 0 Å². The lowest BCUT2D eigenvalue weighted by Gasteiger charge is -2.13. The maximum atomic E-state index is 12.0. The largest absolute Gasteiger partial charge is 0.385 e. The number of hydrogen-bond donors (Lipinski definition) is 2. The van der Waals surface area contributed by atoms with Crippen molar-refractivity contribution >= 4 is 11.9 Å². The van der Waals surface area contributed by atoms with Crippen molar-refractivity contribution in [1.82, 2.24) is 15.5 Å². The lowest BCUT2D eigenvalue weighted by molar-refractivity contribution is 0.0827. The van der Waals surface area contributed by atoms with Gasteiger partial charge in [-0.3, -0.25) is 9.79 Å². The van der Waals surface area contributed by atoms with Gasteiger partial charge in [0.1, 0.15) is 0 Å². The molecule has 0 aromatic heterocycles. The van der Waals surface area contributed by atoms with E-state index in [9.17, 15) is 4.79 Å². The Bertz CT molecular complexity index is 530. The van der Waals surface area contributed by atoms with E-state index in [0.29, 0.717) is 0 Å². The zero-order chi connectivity index (χ0) is 17.8. The molecule has 0 bridgehead atoms. The highest BCUT2D eigenvalue weighted by Gasteiger charge is 2.08. The quantitative estimate of drug-likeness (QED) is 0.408. The lowest BCUT2D eigenvalue weighted by atomic mass is 10.1. The van der Waals surface area contributed by atoms with Crippen LogP contribution in [0.4, 0.5) is 0 Å². The van der Waals surface area contributed by atoms with E-state index in [1.807, 2.05) is 31.2 Å². The molecule has 0 saturated heterocycles. The van der Waals surface area contributed by atoms with Gasteiger partial charge in [-0.15, -0.1) is 0 Å². The summed E-state index contributed by atoms with van der Waals surface area (Å²) in [6.45, 7) is 5.08. The molecule has 24 heavy (non-hydrogen) atoms. The van der Waals surface area contributed by atoms with Crippen molar-refractivity contribution in [2.75, 3.05) is 47.4 Å². The molecule has 0 aliphatic rings. The number of nitrogens with one attached hydrogen (secondary N) is 2. The molecule has 0 unspecified atom stereocenters. The van der Waals surface area contributed by atoms with E-state index in [2.05, 4.69) is 15.6 Å². The smallest absolute Gasteiger partial charge is 0.253 e. The number of carbonyl (C=O) groups is 1. The first kappa shape index (κ1) is 20.0. The highest BCUT2D eigenvalue weighted by Crippen LogP contribution is 2.07. The van der Waals surface area contributed by atoms with E-state index in [-0.39, 0.29) is 5.91 Å². The molecule has 0 radical (unpaired) electrons. The minimum absolute atomic E-state index is 0.0258. The first-order chi connectivity index (χ1) is 11.6. The molecule has 0 fully saturated rings.